The second-order valence-electron chi connectivity index (χ2n) is 4.91. The Morgan fingerprint density at radius 2 is 2.18 bits per heavy atom. The Bertz CT molecular complexity index is 248. The molecule has 0 aromatic heterocycles. The van der Waals surface area contributed by atoms with Crippen LogP contribution >= 0.6 is 0 Å². The van der Waals surface area contributed by atoms with Crippen LogP contribution in [-0.2, 0) is 0 Å². The van der Waals surface area contributed by atoms with Gasteiger partial charge in [0.1, 0.15) is 6.04 Å². The van der Waals surface area contributed by atoms with E-state index in [1.54, 1.807) is 0 Å². The third-order valence-corrected chi connectivity index (χ3v) is 3.52. The molecule has 1 N–H and O–H groups in total. The van der Waals surface area contributed by atoms with Crippen LogP contribution < -0.4 is 5.32 Å². The minimum atomic E-state index is -0.0301. The summed E-state index contributed by atoms with van der Waals surface area (Å²) in [6.07, 6.45) is 2.37. The minimum Gasteiger partial charge on any atom is -0.305 e. The molecule has 2 atom stereocenters. The molecule has 0 aliphatic carbocycles. The molecule has 4 nitrogen and oxygen atoms in total. The van der Waals surface area contributed by atoms with E-state index in [4.69, 9.17) is 5.26 Å². The van der Waals surface area contributed by atoms with E-state index in [9.17, 15) is 0 Å². The monoisotopic (exact) mass is 238 g/mol. The van der Waals surface area contributed by atoms with Gasteiger partial charge < -0.3 is 10.2 Å². The lowest BCUT2D eigenvalue weighted by Gasteiger charge is -2.31. The van der Waals surface area contributed by atoms with E-state index in [0.717, 1.165) is 32.6 Å². The maximum absolute atomic E-state index is 9.12. The predicted molar refractivity (Wildman–Crippen MR) is 70.8 cm³/mol. The number of nitrogens with one attached hydrogen (secondary N) is 1. The Kier molecular flexibility index (Phi) is 6.49. The van der Waals surface area contributed by atoms with Crippen molar-refractivity contribution in [3.05, 3.63) is 0 Å². The third kappa shape index (κ3) is 4.63. The standard InChI is InChI=1S/C13H26N4/c1-4-13-11-16(3)7-6-8-17(13)10-12(9-14)15-5-2/h12-13,15H,4-8,10-11H2,1-3H3. The fraction of sp³-hybridized carbons (Fsp3) is 0.923. The first kappa shape index (κ1) is 14.4. The van der Waals surface area contributed by atoms with Gasteiger partial charge in [0, 0.05) is 19.1 Å². The molecule has 0 amide bonds. The van der Waals surface area contributed by atoms with Crippen LogP contribution in [0.15, 0.2) is 0 Å². The van der Waals surface area contributed by atoms with Gasteiger partial charge in [0.05, 0.1) is 6.07 Å². The lowest BCUT2D eigenvalue weighted by atomic mass is 10.1. The molecule has 1 aliphatic heterocycles. The molecule has 2 unspecified atom stereocenters. The van der Waals surface area contributed by atoms with Gasteiger partial charge in [-0.2, -0.15) is 5.26 Å². The summed E-state index contributed by atoms with van der Waals surface area (Å²) in [5.74, 6) is 0. The Morgan fingerprint density at radius 1 is 1.41 bits per heavy atom. The highest BCUT2D eigenvalue weighted by Crippen LogP contribution is 2.12. The average molecular weight is 238 g/mol. The van der Waals surface area contributed by atoms with E-state index in [0.29, 0.717) is 6.04 Å². The van der Waals surface area contributed by atoms with Gasteiger partial charge in [0.2, 0.25) is 0 Å². The van der Waals surface area contributed by atoms with Gasteiger partial charge in [-0.1, -0.05) is 13.8 Å². The van der Waals surface area contributed by atoms with Crippen molar-refractivity contribution in [1.29, 1.82) is 5.26 Å². The molecule has 17 heavy (non-hydrogen) atoms. The number of rotatable bonds is 5. The number of hydrogen-bond donors (Lipinski definition) is 1. The smallest absolute Gasteiger partial charge is 0.108 e. The molecule has 1 saturated heterocycles. The summed E-state index contributed by atoms with van der Waals surface area (Å²) in [7, 11) is 2.19. The minimum absolute atomic E-state index is 0.0301. The quantitative estimate of drug-likeness (QED) is 0.773. The Balaban J connectivity index is 2.56. The molecule has 1 aliphatic rings. The van der Waals surface area contributed by atoms with E-state index >= 15 is 0 Å². The van der Waals surface area contributed by atoms with Crippen LogP contribution in [0.2, 0.25) is 0 Å². The van der Waals surface area contributed by atoms with Gasteiger partial charge in [-0.3, -0.25) is 4.90 Å². The molecular formula is C13H26N4. The summed E-state index contributed by atoms with van der Waals surface area (Å²) in [5.41, 5.74) is 0. The fourth-order valence-corrected chi connectivity index (χ4v) is 2.55. The summed E-state index contributed by atoms with van der Waals surface area (Å²) in [6, 6.07) is 2.92. The van der Waals surface area contributed by atoms with Crippen molar-refractivity contribution in [3.63, 3.8) is 0 Å². The van der Waals surface area contributed by atoms with Crippen molar-refractivity contribution in [2.24, 2.45) is 0 Å². The molecule has 0 bridgehead atoms. The van der Waals surface area contributed by atoms with E-state index in [1.165, 1.54) is 13.0 Å². The van der Waals surface area contributed by atoms with Crippen LogP contribution in [0.25, 0.3) is 0 Å². The van der Waals surface area contributed by atoms with Crippen LogP contribution in [0.1, 0.15) is 26.7 Å². The van der Waals surface area contributed by atoms with Gasteiger partial charge in [-0.05, 0) is 39.5 Å². The second-order valence-corrected chi connectivity index (χ2v) is 4.91. The number of likely N-dealkylation sites (N-methyl/N-ethyl adjacent to an activating group) is 2. The molecule has 0 aromatic rings. The molecule has 1 fully saturated rings. The number of hydrogen-bond acceptors (Lipinski definition) is 4. The molecule has 98 valence electrons. The predicted octanol–water partition coefficient (Wildman–Crippen LogP) is 0.904. The van der Waals surface area contributed by atoms with Gasteiger partial charge in [0.25, 0.3) is 0 Å². The number of nitriles is 1. The summed E-state index contributed by atoms with van der Waals surface area (Å²) >= 11 is 0. The first-order valence-electron chi connectivity index (χ1n) is 6.76. The molecule has 0 aromatic carbocycles. The van der Waals surface area contributed by atoms with Crippen molar-refractivity contribution in [2.75, 3.05) is 39.8 Å². The van der Waals surface area contributed by atoms with Crippen LogP contribution in [0.3, 0.4) is 0 Å². The summed E-state index contributed by atoms with van der Waals surface area (Å²) < 4.78 is 0. The zero-order chi connectivity index (χ0) is 12.7. The molecule has 1 rings (SSSR count). The zero-order valence-corrected chi connectivity index (χ0v) is 11.4. The van der Waals surface area contributed by atoms with Crippen molar-refractivity contribution < 1.29 is 0 Å². The van der Waals surface area contributed by atoms with Crippen LogP contribution in [0, 0.1) is 11.3 Å². The fourth-order valence-electron chi connectivity index (χ4n) is 2.55. The molecule has 1 heterocycles. The average Bonchev–Trinajstić information content (AvgIpc) is 2.50. The second kappa shape index (κ2) is 7.65. The first-order chi connectivity index (χ1) is 8.21. The van der Waals surface area contributed by atoms with Crippen LogP contribution in [0.5, 0.6) is 0 Å². The van der Waals surface area contributed by atoms with E-state index in [2.05, 4.69) is 42.1 Å². The van der Waals surface area contributed by atoms with E-state index in [1.807, 2.05) is 0 Å². The van der Waals surface area contributed by atoms with Gasteiger partial charge in [-0.25, -0.2) is 0 Å². The summed E-state index contributed by atoms with van der Waals surface area (Å²) in [4.78, 5) is 4.89. The summed E-state index contributed by atoms with van der Waals surface area (Å²) in [5, 5.41) is 12.4. The van der Waals surface area contributed by atoms with E-state index < -0.39 is 0 Å². The maximum atomic E-state index is 9.12. The highest BCUT2D eigenvalue weighted by Gasteiger charge is 2.23. The Labute approximate surface area is 106 Å². The molecule has 0 spiro atoms. The topological polar surface area (TPSA) is 42.3 Å². The highest BCUT2D eigenvalue weighted by molar-refractivity contribution is 4.93. The largest absolute Gasteiger partial charge is 0.305 e. The van der Waals surface area contributed by atoms with Gasteiger partial charge in [0.15, 0.2) is 0 Å². The van der Waals surface area contributed by atoms with Crippen LogP contribution in [0.4, 0.5) is 0 Å². The third-order valence-electron chi connectivity index (χ3n) is 3.52. The Morgan fingerprint density at radius 3 is 2.76 bits per heavy atom. The lowest BCUT2D eigenvalue weighted by Crippen LogP contribution is -2.46. The van der Waals surface area contributed by atoms with Crippen molar-refractivity contribution >= 4 is 0 Å². The van der Waals surface area contributed by atoms with Gasteiger partial charge >= 0.3 is 0 Å². The molecule has 0 radical (unpaired) electrons. The first-order valence-corrected chi connectivity index (χ1v) is 6.76. The van der Waals surface area contributed by atoms with Crippen molar-refractivity contribution in [3.8, 4) is 6.07 Å². The molecular weight excluding hydrogens is 212 g/mol. The van der Waals surface area contributed by atoms with E-state index in [-0.39, 0.29) is 6.04 Å². The maximum Gasteiger partial charge on any atom is 0.108 e. The van der Waals surface area contributed by atoms with Gasteiger partial charge in [-0.15, -0.1) is 0 Å². The summed E-state index contributed by atoms with van der Waals surface area (Å²) in [6.45, 7) is 9.43. The molecule has 0 saturated carbocycles. The van der Waals surface area contributed by atoms with Crippen molar-refractivity contribution in [2.45, 2.75) is 38.8 Å². The highest BCUT2D eigenvalue weighted by atomic mass is 15.2. The van der Waals surface area contributed by atoms with Crippen LogP contribution in [-0.4, -0.2) is 61.7 Å². The Hall–Kier alpha value is -0.630. The molecule has 4 heteroatoms. The number of nitrogens with zero attached hydrogens (tertiary/aromatic N) is 3. The normalized spacial score (nSPS) is 25.2. The SMILES string of the molecule is CCNC(C#N)CN1CCCN(C)CC1CC. The lowest BCUT2D eigenvalue weighted by molar-refractivity contribution is 0.175. The zero-order valence-electron chi connectivity index (χ0n) is 11.4. The van der Waals surface area contributed by atoms with Crippen molar-refractivity contribution in [1.82, 2.24) is 15.1 Å².